The first-order chi connectivity index (χ1) is 10.1. The van der Waals surface area contributed by atoms with E-state index in [2.05, 4.69) is 22.9 Å². The number of rotatable bonds is 5. The third kappa shape index (κ3) is 5.35. The van der Waals surface area contributed by atoms with Gasteiger partial charge in [0, 0.05) is 12.0 Å². The Kier molecular flexibility index (Phi) is 7.41. The standard InChI is InChI=1S/C15H23N3O3.ClH/c1-10-8-12(5-6-16-10)15(20)18-11(2)14(19)17-9-13-4-3-7-21-13;/h3-4,7,10-12,16H,5-6,8-9H2,1-2H3,(H,17,19)(H,18,20);1H/t10-,11?,12-;/m0./s1. The van der Waals surface area contributed by atoms with E-state index >= 15 is 0 Å². The van der Waals surface area contributed by atoms with Crippen LogP contribution in [-0.4, -0.2) is 30.4 Å². The van der Waals surface area contributed by atoms with Crippen LogP contribution in [0.25, 0.3) is 0 Å². The van der Waals surface area contributed by atoms with Gasteiger partial charge in [-0.25, -0.2) is 0 Å². The van der Waals surface area contributed by atoms with Crippen LogP contribution in [-0.2, 0) is 16.1 Å². The molecule has 0 aromatic carbocycles. The Bertz CT molecular complexity index is 478. The SMILES string of the molecule is CC(NC(=O)[C@H]1CCN[C@@H](C)C1)C(=O)NCc1ccco1.Cl. The van der Waals surface area contributed by atoms with Gasteiger partial charge in [-0.2, -0.15) is 0 Å². The molecule has 0 spiro atoms. The average Bonchev–Trinajstić information content (AvgIpc) is 2.97. The minimum atomic E-state index is -0.544. The van der Waals surface area contributed by atoms with Gasteiger partial charge in [0.05, 0.1) is 12.8 Å². The van der Waals surface area contributed by atoms with Crippen LogP contribution in [0.2, 0.25) is 0 Å². The normalized spacial score (nSPS) is 22.3. The fourth-order valence-electron chi connectivity index (χ4n) is 2.51. The zero-order valence-corrected chi connectivity index (χ0v) is 13.7. The van der Waals surface area contributed by atoms with Crippen molar-refractivity contribution < 1.29 is 14.0 Å². The van der Waals surface area contributed by atoms with Crippen LogP contribution in [0.5, 0.6) is 0 Å². The van der Waals surface area contributed by atoms with Gasteiger partial charge in [0.25, 0.3) is 0 Å². The van der Waals surface area contributed by atoms with Crippen LogP contribution in [0.4, 0.5) is 0 Å². The Morgan fingerprint density at radius 1 is 1.50 bits per heavy atom. The van der Waals surface area contributed by atoms with Crippen molar-refractivity contribution in [2.75, 3.05) is 6.54 Å². The summed E-state index contributed by atoms with van der Waals surface area (Å²) in [5, 5.41) is 8.84. The molecule has 3 atom stereocenters. The van der Waals surface area contributed by atoms with E-state index in [1.54, 1.807) is 25.3 Å². The fraction of sp³-hybridized carbons (Fsp3) is 0.600. The van der Waals surface area contributed by atoms with Crippen LogP contribution >= 0.6 is 12.4 Å². The monoisotopic (exact) mass is 329 g/mol. The van der Waals surface area contributed by atoms with Gasteiger partial charge < -0.3 is 20.4 Å². The quantitative estimate of drug-likeness (QED) is 0.758. The molecule has 0 saturated carbocycles. The molecule has 1 fully saturated rings. The number of carbonyl (C=O) groups is 2. The molecule has 1 aromatic heterocycles. The van der Waals surface area contributed by atoms with Crippen molar-refractivity contribution in [3.8, 4) is 0 Å². The summed E-state index contributed by atoms with van der Waals surface area (Å²) in [5.41, 5.74) is 0. The topological polar surface area (TPSA) is 83.4 Å². The summed E-state index contributed by atoms with van der Waals surface area (Å²) < 4.78 is 5.14. The lowest BCUT2D eigenvalue weighted by atomic mass is 9.92. The van der Waals surface area contributed by atoms with Crippen molar-refractivity contribution in [3.63, 3.8) is 0 Å². The molecule has 1 aliphatic heterocycles. The van der Waals surface area contributed by atoms with Gasteiger partial charge in [-0.15, -0.1) is 12.4 Å². The largest absolute Gasteiger partial charge is 0.467 e. The predicted molar refractivity (Wildman–Crippen MR) is 85.6 cm³/mol. The van der Waals surface area contributed by atoms with E-state index < -0.39 is 6.04 Å². The van der Waals surface area contributed by atoms with Gasteiger partial charge in [-0.05, 0) is 45.4 Å². The highest BCUT2D eigenvalue weighted by atomic mass is 35.5. The van der Waals surface area contributed by atoms with Crippen molar-refractivity contribution in [1.82, 2.24) is 16.0 Å². The molecular formula is C15H24ClN3O3. The molecule has 2 amide bonds. The van der Waals surface area contributed by atoms with Gasteiger partial charge in [0.2, 0.25) is 11.8 Å². The number of hydrogen-bond donors (Lipinski definition) is 3. The van der Waals surface area contributed by atoms with Gasteiger partial charge in [0.15, 0.2) is 0 Å². The molecule has 7 heteroatoms. The first kappa shape index (κ1) is 18.5. The second-order valence-electron chi connectivity index (χ2n) is 5.60. The molecule has 124 valence electrons. The van der Waals surface area contributed by atoms with Gasteiger partial charge in [-0.1, -0.05) is 0 Å². The molecule has 1 aliphatic rings. The second kappa shape index (κ2) is 8.80. The minimum Gasteiger partial charge on any atom is -0.467 e. The summed E-state index contributed by atoms with van der Waals surface area (Å²) in [6.45, 7) is 4.94. The molecule has 0 aliphatic carbocycles. The summed E-state index contributed by atoms with van der Waals surface area (Å²) >= 11 is 0. The lowest BCUT2D eigenvalue weighted by Gasteiger charge is -2.28. The number of halogens is 1. The molecule has 2 heterocycles. The smallest absolute Gasteiger partial charge is 0.242 e. The summed E-state index contributed by atoms with van der Waals surface area (Å²) in [6.07, 6.45) is 3.19. The molecule has 3 N–H and O–H groups in total. The Hall–Kier alpha value is -1.53. The van der Waals surface area contributed by atoms with E-state index in [1.165, 1.54) is 0 Å². The number of carbonyl (C=O) groups excluding carboxylic acids is 2. The molecule has 1 saturated heterocycles. The van der Waals surface area contributed by atoms with Crippen LogP contribution in [0.3, 0.4) is 0 Å². The number of furan rings is 1. The Balaban J connectivity index is 0.00000242. The van der Waals surface area contributed by atoms with Crippen LogP contribution in [0.1, 0.15) is 32.4 Å². The number of piperidine rings is 1. The second-order valence-corrected chi connectivity index (χ2v) is 5.60. The van der Waals surface area contributed by atoms with Crippen LogP contribution < -0.4 is 16.0 Å². The zero-order valence-electron chi connectivity index (χ0n) is 12.9. The molecule has 1 aromatic rings. The highest BCUT2D eigenvalue weighted by molar-refractivity contribution is 5.88. The molecule has 0 bridgehead atoms. The molecular weight excluding hydrogens is 306 g/mol. The Morgan fingerprint density at radius 2 is 2.27 bits per heavy atom. The highest BCUT2D eigenvalue weighted by Gasteiger charge is 2.26. The maximum atomic E-state index is 12.2. The first-order valence-corrected chi connectivity index (χ1v) is 7.40. The molecule has 22 heavy (non-hydrogen) atoms. The minimum absolute atomic E-state index is 0. The van der Waals surface area contributed by atoms with E-state index in [-0.39, 0.29) is 30.1 Å². The number of nitrogens with one attached hydrogen (secondary N) is 3. The summed E-state index contributed by atoms with van der Waals surface area (Å²) in [6, 6.07) is 3.36. The third-order valence-electron chi connectivity index (χ3n) is 3.76. The molecule has 1 unspecified atom stereocenters. The third-order valence-corrected chi connectivity index (χ3v) is 3.76. The highest BCUT2D eigenvalue weighted by Crippen LogP contribution is 2.16. The lowest BCUT2D eigenvalue weighted by molar-refractivity contribution is -0.131. The maximum Gasteiger partial charge on any atom is 0.242 e. The summed E-state index contributed by atoms with van der Waals surface area (Å²) in [5.74, 6) is 0.432. The van der Waals surface area contributed by atoms with Crippen molar-refractivity contribution in [2.45, 2.75) is 45.3 Å². The molecule has 6 nitrogen and oxygen atoms in total. The lowest BCUT2D eigenvalue weighted by Crippen LogP contribution is -2.49. The van der Waals surface area contributed by atoms with E-state index in [4.69, 9.17) is 4.42 Å². The summed E-state index contributed by atoms with van der Waals surface area (Å²) in [4.78, 5) is 24.1. The number of amides is 2. The zero-order chi connectivity index (χ0) is 15.2. The fourth-order valence-corrected chi connectivity index (χ4v) is 2.51. The van der Waals surface area contributed by atoms with Gasteiger partial charge >= 0.3 is 0 Å². The van der Waals surface area contributed by atoms with Crippen molar-refractivity contribution in [3.05, 3.63) is 24.2 Å². The van der Waals surface area contributed by atoms with Crippen molar-refractivity contribution >= 4 is 24.2 Å². The van der Waals surface area contributed by atoms with E-state index in [0.717, 1.165) is 19.4 Å². The van der Waals surface area contributed by atoms with E-state index in [0.29, 0.717) is 18.3 Å². The molecule has 0 radical (unpaired) electrons. The van der Waals surface area contributed by atoms with Crippen LogP contribution in [0.15, 0.2) is 22.8 Å². The van der Waals surface area contributed by atoms with Crippen LogP contribution in [0, 0.1) is 5.92 Å². The van der Waals surface area contributed by atoms with E-state index in [9.17, 15) is 9.59 Å². The van der Waals surface area contributed by atoms with E-state index in [1.807, 2.05) is 0 Å². The van der Waals surface area contributed by atoms with Gasteiger partial charge in [0.1, 0.15) is 11.8 Å². The predicted octanol–water partition coefficient (Wildman–Crippen LogP) is 1.21. The van der Waals surface area contributed by atoms with Crippen molar-refractivity contribution in [2.24, 2.45) is 5.92 Å². The Labute approximate surface area is 136 Å². The number of hydrogen-bond acceptors (Lipinski definition) is 4. The molecule has 2 rings (SSSR count). The van der Waals surface area contributed by atoms with Gasteiger partial charge in [-0.3, -0.25) is 9.59 Å². The Morgan fingerprint density at radius 3 is 2.91 bits per heavy atom. The first-order valence-electron chi connectivity index (χ1n) is 7.40. The average molecular weight is 330 g/mol. The maximum absolute atomic E-state index is 12.2. The summed E-state index contributed by atoms with van der Waals surface area (Å²) in [7, 11) is 0. The van der Waals surface area contributed by atoms with Crippen molar-refractivity contribution in [1.29, 1.82) is 0 Å².